The van der Waals surface area contributed by atoms with E-state index in [-0.39, 0.29) is 11.9 Å². The van der Waals surface area contributed by atoms with Gasteiger partial charge in [-0.2, -0.15) is 0 Å². The van der Waals surface area contributed by atoms with Gasteiger partial charge in [0.15, 0.2) is 0 Å². The summed E-state index contributed by atoms with van der Waals surface area (Å²) in [5.41, 5.74) is 1.33. The van der Waals surface area contributed by atoms with E-state index in [1.807, 2.05) is 12.1 Å². The molecule has 0 saturated heterocycles. The van der Waals surface area contributed by atoms with Crippen LogP contribution in [0.4, 0.5) is 0 Å². The molecule has 1 aromatic carbocycles. The summed E-state index contributed by atoms with van der Waals surface area (Å²) < 4.78 is 5.68. The summed E-state index contributed by atoms with van der Waals surface area (Å²) in [6, 6.07) is 8.10. The SMILES string of the molecule is CCCCc1ccc(OC(=O)C2CCC3CC(C)CCC3C2)cc1. The Labute approximate surface area is 147 Å². The lowest BCUT2D eigenvalue weighted by Crippen LogP contribution is -2.34. The Morgan fingerprint density at radius 3 is 2.50 bits per heavy atom. The zero-order valence-electron chi connectivity index (χ0n) is 15.3. The molecule has 2 heteroatoms. The summed E-state index contributed by atoms with van der Waals surface area (Å²) in [6.45, 7) is 4.58. The third-order valence-corrected chi connectivity index (χ3v) is 6.17. The Hall–Kier alpha value is -1.31. The number of rotatable bonds is 5. The lowest BCUT2D eigenvalue weighted by atomic mass is 9.65. The second-order valence-corrected chi connectivity index (χ2v) is 8.12. The monoisotopic (exact) mass is 328 g/mol. The Bertz CT molecular complexity index is 533. The van der Waals surface area contributed by atoms with Crippen molar-refractivity contribution in [3.05, 3.63) is 29.8 Å². The molecule has 2 saturated carbocycles. The van der Waals surface area contributed by atoms with E-state index >= 15 is 0 Å². The highest BCUT2D eigenvalue weighted by molar-refractivity contribution is 5.75. The number of fused-ring (bicyclic) bond motifs is 1. The first kappa shape index (κ1) is 17.5. The van der Waals surface area contributed by atoms with Crippen LogP contribution >= 0.6 is 0 Å². The van der Waals surface area contributed by atoms with Gasteiger partial charge in [-0.25, -0.2) is 0 Å². The van der Waals surface area contributed by atoms with E-state index in [4.69, 9.17) is 4.74 Å². The smallest absolute Gasteiger partial charge is 0.314 e. The van der Waals surface area contributed by atoms with Crippen LogP contribution in [-0.4, -0.2) is 5.97 Å². The Kier molecular flexibility index (Phi) is 5.97. The number of hydrogen-bond acceptors (Lipinski definition) is 2. The first-order valence-corrected chi connectivity index (χ1v) is 9.96. The molecule has 2 nitrogen and oxygen atoms in total. The average Bonchev–Trinajstić information content (AvgIpc) is 2.60. The van der Waals surface area contributed by atoms with Crippen molar-refractivity contribution in [3.8, 4) is 5.75 Å². The van der Waals surface area contributed by atoms with E-state index in [0.717, 1.165) is 37.0 Å². The molecule has 2 aliphatic carbocycles. The number of carbonyl (C=O) groups is 1. The van der Waals surface area contributed by atoms with Crippen molar-refractivity contribution in [2.75, 3.05) is 0 Å². The summed E-state index contributed by atoms with van der Waals surface area (Å²) in [6.07, 6.45) is 10.8. The molecule has 3 rings (SSSR count). The van der Waals surface area contributed by atoms with E-state index in [1.165, 1.54) is 44.1 Å². The van der Waals surface area contributed by atoms with Crippen molar-refractivity contribution in [2.24, 2.45) is 23.7 Å². The fourth-order valence-corrected chi connectivity index (χ4v) is 4.64. The number of hydrogen-bond donors (Lipinski definition) is 0. The lowest BCUT2D eigenvalue weighted by molar-refractivity contribution is -0.141. The first-order chi connectivity index (χ1) is 11.7. The van der Waals surface area contributed by atoms with Crippen LogP contribution in [0.25, 0.3) is 0 Å². The molecule has 0 radical (unpaired) electrons. The minimum Gasteiger partial charge on any atom is -0.426 e. The zero-order valence-corrected chi connectivity index (χ0v) is 15.3. The van der Waals surface area contributed by atoms with Crippen molar-refractivity contribution in [1.82, 2.24) is 0 Å². The van der Waals surface area contributed by atoms with Gasteiger partial charge in [0.2, 0.25) is 0 Å². The van der Waals surface area contributed by atoms with Gasteiger partial charge in [-0.3, -0.25) is 4.79 Å². The molecule has 0 spiro atoms. The number of unbranched alkanes of at least 4 members (excludes halogenated alkanes) is 1. The number of benzene rings is 1. The molecule has 0 aliphatic heterocycles. The van der Waals surface area contributed by atoms with Crippen LogP contribution in [-0.2, 0) is 11.2 Å². The zero-order chi connectivity index (χ0) is 16.9. The van der Waals surface area contributed by atoms with Crippen molar-refractivity contribution in [1.29, 1.82) is 0 Å². The summed E-state index contributed by atoms with van der Waals surface area (Å²) in [7, 11) is 0. The third kappa shape index (κ3) is 4.40. The largest absolute Gasteiger partial charge is 0.426 e. The molecule has 0 heterocycles. The highest BCUT2D eigenvalue weighted by atomic mass is 16.5. The van der Waals surface area contributed by atoms with Crippen LogP contribution in [0.5, 0.6) is 5.75 Å². The molecule has 0 N–H and O–H groups in total. The van der Waals surface area contributed by atoms with Gasteiger partial charge >= 0.3 is 5.97 Å². The molecule has 4 unspecified atom stereocenters. The van der Waals surface area contributed by atoms with Gasteiger partial charge in [0.25, 0.3) is 0 Å². The number of carbonyl (C=O) groups excluding carboxylic acids is 1. The van der Waals surface area contributed by atoms with Crippen LogP contribution in [0.15, 0.2) is 24.3 Å². The van der Waals surface area contributed by atoms with E-state index in [9.17, 15) is 4.79 Å². The second-order valence-electron chi connectivity index (χ2n) is 8.12. The van der Waals surface area contributed by atoms with E-state index in [2.05, 4.69) is 26.0 Å². The summed E-state index contributed by atoms with van der Waals surface area (Å²) in [5.74, 6) is 3.30. The van der Waals surface area contributed by atoms with Gasteiger partial charge in [-0.15, -0.1) is 0 Å². The predicted molar refractivity (Wildman–Crippen MR) is 98.0 cm³/mol. The van der Waals surface area contributed by atoms with E-state index in [1.54, 1.807) is 0 Å². The molecule has 4 atom stereocenters. The van der Waals surface area contributed by atoms with E-state index in [0.29, 0.717) is 5.75 Å². The van der Waals surface area contributed by atoms with Gasteiger partial charge in [-0.05, 0) is 80.4 Å². The Morgan fingerprint density at radius 2 is 1.75 bits per heavy atom. The maximum absolute atomic E-state index is 12.5. The molecular weight excluding hydrogens is 296 g/mol. The number of aryl methyl sites for hydroxylation is 1. The standard InChI is InChI=1S/C22H32O2/c1-3-4-5-17-7-12-21(13-8-17)24-22(23)20-11-10-18-14-16(2)6-9-19(18)15-20/h7-8,12-13,16,18-20H,3-6,9-11,14-15H2,1-2H3. The molecule has 2 fully saturated rings. The number of esters is 1. The Morgan fingerprint density at radius 1 is 1.04 bits per heavy atom. The molecule has 0 amide bonds. The Balaban J connectivity index is 1.52. The normalized spacial score (nSPS) is 29.8. The highest BCUT2D eigenvalue weighted by Gasteiger charge is 2.37. The fourth-order valence-electron chi connectivity index (χ4n) is 4.64. The molecule has 0 aromatic heterocycles. The van der Waals surface area contributed by atoms with Crippen molar-refractivity contribution in [3.63, 3.8) is 0 Å². The highest BCUT2D eigenvalue weighted by Crippen LogP contribution is 2.44. The van der Waals surface area contributed by atoms with Crippen molar-refractivity contribution >= 4 is 5.97 Å². The van der Waals surface area contributed by atoms with Crippen molar-refractivity contribution < 1.29 is 9.53 Å². The minimum absolute atomic E-state index is 0.00613. The average molecular weight is 328 g/mol. The first-order valence-electron chi connectivity index (χ1n) is 9.96. The third-order valence-electron chi connectivity index (χ3n) is 6.17. The fraction of sp³-hybridized carbons (Fsp3) is 0.682. The van der Waals surface area contributed by atoms with E-state index < -0.39 is 0 Å². The summed E-state index contributed by atoms with van der Waals surface area (Å²) in [4.78, 5) is 12.5. The van der Waals surface area contributed by atoms with Gasteiger partial charge in [0.1, 0.15) is 5.75 Å². The van der Waals surface area contributed by atoms with Gasteiger partial charge in [0, 0.05) is 0 Å². The van der Waals surface area contributed by atoms with Crippen LogP contribution < -0.4 is 4.74 Å². The van der Waals surface area contributed by atoms with Crippen LogP contribution in [0, 0.1) is 23.7 Å². The summed E-state index contributed by atoms with van der Waals surface area (Å²) in [5, 5.41) is 0. The second kappa shape index (κ2) is 8.18. The quantitative estimate of drug-likeness (QED) is 0.505. The lowest BCUT2D eigenvalue weighted by Gasteiger charge is -2.40. The molecule has 132 valence electrons. The van der Waals surface area contributed by atoms with Gasteiger partial charge < -0.3 is 4.74 Å². The minimum atomic E-state index is -0.00613. The molecule has 0 bridgehead atoms. The number of ether oxygens (including phenoxy) is 1. The topological polar surface area (TPSA) is 26.3 Å². The maximum atomic E-state index is 12.5. The van der Waals surface area contributed by atoms with Crippen LogP contribution in [0.2, 0.25) is 0 Å². The van der Waals surface area contributed by atoms with Crippen molar-refractivity contribution in [2.45, 2.75) is 71.6 Å². The molecule has 1 aromatic rings. The summed E-state index contributed by atoms with van der Waals surface area (Å²) >= 11 is 0. The van der Waals surface area contributed by atoms with Crippen LogP contribution in [0.3, 0.4) is 0 Å². The molecule has 24 heavy (non-hydrogen) atoms. The van der Waals surface area contributed by atoms with Crippen LogP contribution in [0.1, 0.15) is 70.8 Å². The van der Waals surface area contributed by atoms with Gasteiger partial charge in [-0.1, -0.05) is 38.8 Å². The molecular formula is C22H32O2. The molecule has 2 aliphatic rings. The predicted octanol–water partition coefficient (Wildman–Crippen LogP) is 5.79. The van der Waals surface area contributed by atoms with Gasteiger partial charge in [0.05, 0.1) is 5.92 Å². The maximum Gasteiger partial charge on any atom is 0.314 e.